The first kappa shape index (κ1) is 15.6. The number of para-hydroxylation sites is 2. The van der Waals surface area contributed by atoms with E-state index >= 15 is 0 Å². The second kappa shape index (κ2) is 5.29. The van der Waals surface area contributed by atoms with E-state index in [9.17, 15) is 0 Å². The number of hydrogen-bond acceptors (Lipinski definition) is 3. The molecule has 1 aliphatic carbocycles. The van der Waals surface area contributed by atoms with E-state index in [2.05, 4.69) is 49.2 Å². The molecule has 3 heteroatoms. The Labute approximate surface area is 162 Å². The molecular weight excluding hydrogens is 344 g/mol. The van der Waals surface area contributed by atoms with Crippen molar-refractivity contribution in [1.29, 1.82) is 0 Å². The lowest BCUT2D eigenvalue weighted by Crippen LogP contribution is -2.16. The van der Waals surface area contributed by atoms with Crippen molar-refractivity contribution in [2.75, 3.05) is 0 Å². The van der Waals surface area contributed by atoms with Gasteiger partial charge in [0.2, 0.25) is 0 Å². The average Bonchev–Trinajstić information content (AvgIpc) is 3.22. The van der Waals surface area contributed by atoms with Gasteiger partial charge in [-0.1, -0.05) is 68.4 Å². The average molecular weight is 362 g/mol. The van der Waals surface area contributed by atoms with E-state index in [1.165, 1.54) is 16.5 Å². The number of benzene rings is 3. The minimum atomic E-state index is -0.192. The summed E-state index contributed by atoms with van der Waals surface area (Å²) in [6.07, 6.45) is 1.91. The number of rotatable bonds is 1. The van der Waals surface area contributed by atoms with Crippen molar-refractivity contribution in [3.8, 4) is 22.7 Å². The van der Waals surface area contributed by atoms with Crippen LogP contribution in [-0.4, -0.2) is 9.97 Å². The zero-order valence-electron chi connectivity index (χ0n) is 15.7. The molecule has 0 amide bonds. The van der Waals surface area contributed by atoms with Crippen molar-refractivity contribution in [1.82, 2.24) is 9.97 Å². The van der Waals surface area contributed by atoms with Crippen molar-refractivity contribution in [2.45, 2.75) is 19.3 Å². The van der Waals surface area contributed by atoms with E-state index in [0.717, 1.165) is 39.2 Å². The molecule has 3 aromatic carbocycles. The van der Waals surface area contributed by atoms with Gasteiger partial charge >= 0.3 is 0 Å². The SMILES string of the molecule is CC1(C)c2c(-c3ncc4ccccc4n3)cccc2-c2oc3ccccc3c21. The zero-order valence-corrected chi connectivity index (χ0v) is 15.7. The highest BCUT2D eigenvalue weighted by Gasteiger charge is 2.42. The lowest BCUT2D eigenvalue weighted by Gasteiger charge is -2.23. The maximum Gasteiger partial charge on any atom is 0.160 e. The fourth-order valence-electron chi connectivity index (χ4n) is 4.68. The van der Waals surface area contributed by atoms with Crippen molar-refractivity contribution in [3.63, 3.8) is 0 Å². The van der Waals surface area contributed by atoms with Crippen LogP contribution in [-0.2, 0) is 5.41 Å². The summed E-state index contributed by atoms with van der Waals surface area (Å²) < 4.78 is 6.29. The highest BCUT2D eigenvalue weighted by atomic mass is 16.3. The minimum absolute atomic E-state index is 0.192. The summed E-state index contributed by atoms with van der Waals surface area (Å²) in [5.74, 6) is 1.74. The maximum absolute atomic E-state index is 6.29. The first-order valence-corrected chi connectivity index (χ1v) is 9.52. The Morgan fingerprint density at radius 2 is 1.57 bits per heavy atom. The molecular formula is C25H18N2O. The normalized spacial score (nSPS) is 14.4. The summed E-state index contributed by atoms with van der Waals surface area (Å²) in [6.45, 7) is 4.54. The van der Waals surface area contributed by atoms with Crippen molar-refractivity contribution in [3.05, 3.63) is 84.1 Å². The van der Waals surface area contributed by atoms with Crippen LogP contribution >= 0.6 is 0 Å². The lowest BCUT2D eigenvalue weighted by atomic mass is 9.79. The monoisotopic (exact) mass is 362 g/mol. The summed E-state index contributed by atoms with van der Waals surface area (Å²) in [6, 6.07) is 22.7. The predicted octanol–water partition coefficient (Wildman–Crippen LogP) is 6.35. The minimum Gasteiger partial charge on any atom is -0.456 e. The van der Waals surface area contributed by atoms with Crippen LogP contribution in [0.1, 0.15) is 25.0 Å². The second-order valence-corrected chi connectivity index (χ2v) is 7.91. The topological polar surface area (TPSA) is 38.9 Å². The van der Waals surface area contributed by atoms with Gasteiger partial charge in [-0.2, -0.15) is 0 Å². The van der Waals surface area contributed by atoms with E-state index in [0.29, 0.717) is 0 Å². The van der Waals surface area contributed by atoms with Crippen LogP contribution < -0.4 is 0 Å². The number of aromatic nitrogens is 2. The lowest BCUT2D eigenvalue weighted by molar-refractivity contribution is 0.619. The molecule has 0 unspecified atom stereocenters. The summed E-state index contributed by atoms with van der Waals surface area (Å²) in [4.78, 5) is 9.54. The van der Waals surface area contributed by atoms with Gasteiger partial charge in [-0.05, 0) is 17.7 Å². The molecule has 28 heavy (non-hydrogen) atoms. The van der Waals surface area contributed by atoms with Gasteiger partial charge in [0.15, 0.2) is 5.82 Å². The van der Waals surface area contributed by atoms with Crippen molar-refractivity contribution >= 4 is 21.9 Å². The van der Waals surface area contributed by atoms with Gasteiger partial charge in [0.25, 0.3) is 0 Å². The van der Waals surface area contributed by atoms with Crippen molar-refractivity contribution < 1.29 is 4.42 Å². The number of furan rings is 1. The van der Waals surface area contributed by atoms with Crippen LogP contribution in [0.15, 0.2) is 77.3 Å². The molecule has 2 heterocycles. The largest absolute Gasteiger partial charge is 0.456 e. The molecule has 134 valence electrons. The molecule has 0 N–H and O–H groups in total. The van der Waals surface area contributed by atoms with Crippen molar-refractivity contribution in [2.24, 2.45) is 0 Å². The third-order valence-corrected chi connectivity index (χ3v) is 5.88. The molecule has 0 saturated carbocycles. The van der Waals surface area contributed by atoms with Crippen LogP contribution in [0.4, 0.5) is 0 Å². The maximum atomic E-state index is 6.29. The van der Waals surface area contributed by atoms with Gasteiger partial charge in [-0.15, -0.1) is 0 Å². The van der Waals surface area contributed by atoms with E-state index in [1.807, 2.05) is 42.6 Å². The van der Waals surface area contributed by atoms with E-state index < -0.39 is 0 Å². The van der Waals surface area contributed by atoms with Crippen LogP contribution in [0.2, 0.25) is 0 Å². The molecule has 3 nitrogen and oxygen atoms in total. The molecule has 0 saturated heterocycles. The number of fused-ring (bicyclic) bond motifs is 6. The van der Waals surface area contributed by atoms with Gasteiger partial charge in [-0.3, -0.25) is 0 Å². The van der Waals surface area contributed by atoms with Gasteiger partial charge < -0.3 is 4.42 Å². The summed E-state index contributed by atoms with van der Waals surface area (Å²) in [5, 5.41) is 2.24. The van der Waals surface area contributed by atoms with E-state index in [-0.39, 0.29) is 5.41 Å². The second-order valence-electron chi connectivity index (χ2n) is 7.91. The fraction of sp³-hybridized carbons (Fsp3) is 0.120. The van der Waals surface area contributed by atoms with Crippen LogP contribution in [0, 0.1) is 0 Å². The van der Waals surface area contributed by atoms with Gasteiger partial charge in [0.05, 0.1) is 5.52 Å². The van der Waals surface area contributed by atoms with E-state index in [1.54, 1.807) is 0 Å². The Hall–Kier alpha value is -3.46. The highest BCUT2D eigenvalue weighted by Crippen LogP contribution is 2.55. The molecule has 2 aromatic heterocycles. The fourth-order valence-corrected chi connectivity index (χ4v) is 4.68. The molecule has 0 spiro atoms. The molecule has 0 fully saturated rings. The predicted molar refractivity (Wildman–Crippen MR) is 112 cm³/mol. The van der Waals surface area contributed by atoms with Crippen LogP contribution in [0.25, 0.3) is 44.6 Å². The number of nitrogens with zero attached hydrogens (tertiary/aromatic N) is 2. The zero-order chi connectivity index (χ0) is 18.9. The molecule has 0 bridgehead atoms. The highest BCUT2D eigenvalue weighted by molar-refractivity contribution is 5.96. The molecule has 0 atom stereocenters. The summed E-state index contributed by atoms with van der Waals surface area (Å²) in [5.41, 5.74) is 6.43. The van der Waals surface area contributed by atoms with Crippen LogP contribution in [0.5, 0.6) is 0 Å². The Morgan fingerprint density at radius 1 is 0.786 bits per heavy atom. The molecule has 5 aromatic rings. The molecule has 0 radical (unpaired) electrons. The molecule has 1 aliphatic rings. The first-order chi connectivity index (χ1) is 13.6. The Bertz CT molecular complexity index is 1390. The van der Waals surface area contributed by atoms with Gasteiger partial charge in [0.1, 0.15) is 11.3 Å². The van der Waals surface area contributed by atoms with Crippen LogP contribution in [0.3, 0.4) is 0 Å². The third-order valence-electron chi connectivity index (χ3n) is 5.88. The van der Waals surface area contributed by atoms with E-state index in [4.69, 9.17) is 9.40 Å². The third kappa shape index (κ3) is 1.93. The Balaban J connectivity index is 1.65. The first-order valence-electron chi connectivity index (χ1n) is 9.52. The van der Waals surface area contributed by atoms with Gasteiger partial charge in [0, 0.05) is 39.1 Å². The standard InChI is InChI=1S/C25H18N2O/c1-25(2)21-17(23-22(25)16-9-4-6-13-20(16)28-23)10-7-11-18(21)24-26-14-15-8-3-5-12-19(15)27-24/h3-14H,1-2H3. The quantitative estimate of drug-likeness (QED) is 0.349. The Morgan fingerprint density at radius 3 is 2.50 bits per heavy atom. The summed E-state index contributed by atoms with van der Waals surface area (Å²) in [7, 11) is 0. The molecule has 0 aliphatic heterocycles. The van der Waals surface area contributed by atoms with Gasteiger partial charge in [-0.25, -0.2) is 9.97 Å². The molecule has 6 rings (SSSR count). The Kier molecular flexibility index (Phi) is 2.95. The summed E-state index contributed by atoms with van der Waals surface area (Å²) >= 11 is 0. The number of hydrogen-bond donors (Lipinski definition) is 0. The smallest absolute Gasteiger partial charge is 0.160 e.